The monoisotopic (exact) mass is 291 g/mol. The summed E-state index contributed by atoms with van der Waals surface area (Å²) in [7, 11) is 0. The molecule has 0 aliphatic heterocycles. The number of carbonyl (C=O) groups excluding carboxylic acids is 1. The van der Waals surface area contributed by atoms with E-state index in [2.05, 4.69) is 0 Å². The van der Waals surface area contributed by atoms with Gasteiger partial charge in [0.2, 0.25) is 6.54 Å². The second-order valence-corrected chi connectivity index (χ2v) is 5.87. The van der Waals surface area contributed by atoms with Gasteiger partial charge in [-0.2, -0.15) is 0 Å². The van der Waals surface area contributed by atoms with Gasteiger partial charge in [0.1, 0.15) is 6.61 Å². The summed E-state index contributed by atoms with van der Waals surface area (Å²) in [4.78, 5) is 22.6. The van der Waals surface area contributed by atoms with E-state index in [1.807, 2.05) is 30.3 Å². The van der Waals surface area contributed by atoms with Crippen LogP contribution in [0.25, 0.3) is 0 Å². The van der Waals surface area contributed by atoms with Crippen LogP contribution in [-0.2, 0) is 16.1 Å². The van der Waals surface area contributed by atoms with Crippen LogP contribution in [0, 0.1) is 15.5 Å². The Morgan fingerprint density at radius 3 is 2.48 bits per heavy atom. The highest BCUT2D eigenvalue weighted by molar-refractivity contribution is 5.70. The van der Waals surface area contributed by atoms with Crippen LogP contribution in [0.3, 0.4) is 0 Å². The van der Waals surface area contributed by atoms with Crippen molar-refractivity contribution in [3.8, 4) is 0 Å². The summed E-state index contributed by atoms with van der Waals surface area (Å²) in [6.07, 6.45) is 4.65. The van der Waals surface area contributed by atoms with E-state index in [1.165, 1.54) is 0 Å². The highest BCUT2D eigenvalue weighted by Crippen LogP contribution is 2.39. The molecule has 1 aromatic carbocycles. The summed E-state index contributed by atoms with van der Waals surface area (Å²) in [5, 5.41) is 10.9. The first-order valence-electron chi connectivity index (χ1n) is 7.41. The Hall–Kier alpha value is -1.91. The lowest BCUT2D eigenvalue weighted by molar-refractivity contribution is -0.498. The van der Waals surface area contributed by atoms with Gasteiger partial charge in [0, 0.05) is 10.3 Å². The van der Waals surface area contributed by atoms with Gasteiger partial charge >= 0.3 is 5.97 Å². The maximum absolute atomic E-state index is 12.0. The van der Waals surface area contributed by atoms with E-state index in [1.54, 1.807) is 0 Å². The zero-order valence-corrected chi connectivity index (χ0v) is 12.1. The van der Waals surface area contributed by atoms with E-state index in [0.29, 0.717) is 0 Å². The van der Waals surface area contributed by atoms with Crippen molar-refractivity contribution in [1.82, 2.24) is 0 Å². The van der Waals surface area contributed by atoms with Crippen LogP contribution in [0.2, 0.25) is 0 Å². The molecule has 5 heteroatoms. The Morgan fingerprint density at radius 1 is 1.19 bits per heavy atom. The number of esters is 1. The lowest BCUT2D eigenvalue weighted by Crippen LogP contribution is -2.35. The Morgan fingerprint density at radius 2 is 1.86 bits per heavy atom. The summed E-state index contributed by atoms with van der Waals surface area (Å²) in [6, 6.07) is 9.46. The molecule has 0 unspecified atom stereocenters. The number of nitro groups is 1. The summed E-state index contributed by atoms with van der Waals surface area (Å²) >= 11 is 0. The van der Waals surface area contributed by atoms with Crippen molar-refractivity contribution < 1.29 is 14.5 Å². The first-order valence-corrected chi connectivity index (χ1v) is 7.41. The van der Waals surface area contributed by atoms with Gasteiger partial charge in [0.15, 0.2) is 0 Å². The minimum absolute atomic E-state index is 0.132. The molecule has 1 saturated carbocycles. The van der Waals surface area contributed by atoms with Crippen LogP contribution in [0.15, 0.2) is 30.3 Å². The fourth-order valence-corrected chi connectivity index (χ4v) is 3.06. The maximum Gasteiger partial charge on any atom is 0.306 e. The molecule has 5 nitrogen and oxygen atoms in total. The lowest BCUT2D eigenvalue weighted by atomic mass is 9.72. The van der Waals surface area contributed by atoms with Crippen LogP contribution in [-0.4, -0.2) is 17.4 Å². The number of ether oxygens (including phenoxy) is 1. The second kappa shape index (κ2) is 7.20. The molecule has 1 aliphatic carbocycles. The third-order valence-corrected chi connectivity index (χ3v) is 4.14. The number of benzene rings is 1. The van der Waals surface area contributed by atoms with E-state index in [0.717, 1.165) is 37.7 Å². The maximum atomic E-state index is 12.0. The van der Waals surface area contributed by atoms with Crippen molar-refractivity contribution in [3.05, 3.63) is 46.0 Å². The average molecular weight is 291 g/mol. The molecule has 2 rings (SSSR count). The lowest BCUT2D eigenvalue weighted by Gasteiger charge is -2.32. The molecule has 0 bridgehead atoms. The van der Waals surface area contributed by atoms with Gasteiger partial charge in [-0.25, -0.2) is 0 Å². The third kappa shape index (κ3) is 4.85. The number of rotatable bonds is 6. The highest BCUT2D eigenvalue weighted by atomic mass is 16.6. The number of hydrogen-bond acceptors (Lipinski definition) is 4. The molecule has 0 N–H and O–H groups in total. The van der Waals surface area contributed by atoms with Crippen LogP contribution in [0.5, 0.6) is 0 Å². The third-order valence-electron chi connectivity index (χ3n) is 4.14. The van der Waals surface area contributed by atoms with Gasteiger partial charge in [-0.3, -0.25) is 14.9 Å². The normalized spacial score (nSPS) is 17.1. The summed E-state index contributed by atoms with van der Waals surface area (Å²) in [6.45, 7) is 0.0989. The molecule has 1 aromatic rings. The van der Waals surface area contributed by atoms with Crippen LogP contribution >= 0.6 is 0 Å². The van der Waals surface area contributed by atoms with Crippen LogP contribution in [0.1, 0.15) is 44.1 Å². The van der Waals surface area contributed by atoms with E-state index in [-0.39, 0.29) is 30.5 Å². The molecule has 0 aromatic heterocycles. The molecule has 21 heavy (non-hydrogen) atoms. The Labute approximate surface area is 124 Å². The zero-order valence-electron chi connectivity index (χ0n) is 12.1. The SMILES string of the molecule is O=C(CC1(C[N+](=O)[O-])CCCCC1)OCc1ccccc1. The Kier molecular flexibility index (Phi) is 5.31. The van der Waals surface area contributed by atoms with E-state index in [4.69, 9.17) is 4.74 Å². The molecule has 114 valence electrons. The largest absolute Gasteiger partial charge is 0.461 e. The van der Waals surface area contributed by atoms with Gasteiger partial charge in [0.25, 0.3) is 0 Å². The minimum atomic E-state index is -0.504. The van der Waals surface area contributed by atoms with E-state index in [9.17, 15) is 14.9 Å². The molecular formula is C16H21NO4. The molecule has 0 atom stereocenters. The van der Waals surface area contributed by atoms with Crippen LogP contribution in [0.4, 0.5) is 0 Å². The first kappa shape index (κ1) is 15.5. The topological polar surface area (TPSA) is 69.4 Å². The minimum Gasteiger partial charge on any atom is -0.461 e. The highest BCUT2D eigenvalue weighted by Gasteiger charge is 2.39. The second-order valence-electron chi connectivity index (χ2n) is 5.87. The standard InChI is InChI=1S/C16H21NO4/c18-15(21-12-14-7-3-1-4-8-14)11-16(13-17(19)20)9-5-2-6-10-16/h1,3-4,7-8H,2,5-6,9-13H2. The molecule has 0 spiro atoms. The molecule has 1 fully saturated rings. The smallest absolute Gasteiger partial charge is 0.306 e. The predicted molar refractivity (Wildman–Crippen MR) is 78.2 cm³/mol. The first-order chi connectivity index (χ1) is 10.1. The van der Waals surface area contributed by atoms with Gasteiger partial charge in [-0.05, 0) is 18.4 Å². The molecule has 0 radical (unpaired) electrons. The molecule has 0 saturated heterocycles. The number of carbonyl (C=O) groups is 1. The predicted octanol–water partition coefficient (Wildman–Crippen LogP) is 3.35. The summed E-state index contributed by atoms with van der Waals surface area (Å²) in [5.74, 6) is -0.331. The van der Waals surface area contributed by atoms with Gasteiger partial charge in [-0.1, -0.05) is 49.6 Å². The van der Waals surface area contributed by atoms with Crippen molar-refractivity contribution in [2.45, 2.75) is 45.1 Å². The quantitative estimate of drug-likeness (QED) is 0.458. The Balaban J connectivity index is 1.90. The zero-order chi connectivity index (χ0) is 15.1. The van der Waals surface area contributed by atoms with Gasteiger partial charge in [-0.15, -0.1) is 0 Å². The van der Waals surface area contributed by atoms with E-state index >= 15 is 0 Å². The molecule has 0 amide bonds. The summed E-state index contributed by atoms with van der Waals surface area (Å²) in [5.41, 5.74) is 0.424. The molecule has 0 heterocycles. The fraction of sp³-hybridized carbons (Fsp3) is 0.562. The number of nitrogens with zero attached hydrogens (tertiary/aromatic N) is 1. The Bertz CT molecular complexity index is 480. The average Bonchev–Trinajstić information content (AvgIpc) is 2.46. The van der Waals surface area contributed by atoms with Gasteiger partial charge in [0.05, 0.1) is 6.42 Å². The van der Waals surface area contributed by atoms with Crippen molar-refractivity contribution in [2.75, 3.05) is 6.54 Å². The van der Waals surface area contributed by atoms with Crippen molar-refractivity contribution in [2.24, 2.45) is 5.41 Å². The number of hydrogen-bond donors (Lipinski definition) is 0. The van der Waals surface area contributed by atoms with Gasteiger partial charge < -0.3 is 4.74 Å². The van der Waals surface area contributed by atoms with Crippen molar-refractivity contribution in [3.63, 3.8) is 0 Å². The van der Waals surface area contributed by atoms with E-state index < -0.39 is 5.41 Å². The summed E-state index contributed by atoms with van der Waals surface area (Å²) < 4.78 is 5.28. The fourth-order valence-electron chi connectivity index (χ4n) is 3.06. The van der Waals surface area contributed by atoms with Crippen molar-refractivity contribution in [1.29, 1.82) is 0 Å². The molecular weight excluding hydrogens is 270 g/mol. The van der Waals surface area contributed by atoms with Crippen molar-refractivity contribution >= 4 is 5.97 Å². The molecule has 1 aliphatic rings. The van der Waals surface area contributed by atoms with Crippen LogP contribution < -0.4 is 0 Å².